The van der Waals surface area contributed by atoms with Gasteiger partial charge in [0.25, 0.3) is 0 Å². The summed E-state index contributed by atoms with van der Waals surface area (Å²) in [4.78, 5) is 16.8. The number of aromatic nitrogens is 1. The normalized spacial score (nSPS) is 14.7. The van der Waals surface area contributed by atoms with Gasteiger partial charge in [-0.2, -0.15) is 0 Å². The minimum absolute atomic E-state index is 0.120. The summed E-state index contributed by atoms with van der Waals surface area (Å²) < 4.78 is 13.8. The van der Waals surface area contributed by atoms with E-state index in [0.717, 1.165) is 18.5 Å². The van der Waals surface area contributed by atoms with Gasteiger partial charge in [0.1, 0.15) is 10.8 Å². The number of Topliss-reactive ketones (excluding diaryl/α,β-unsaturated/α-hetero) is 1. The molecular weight excluding hydrogens is 273 g/mol. The third-order valence-corrected chi connectivity index (χ3v) is 4.34. The number of carbonyl (C=O) groups excluding carboxylic acids is 1. The Morgan fingerprint density at radius 2 is 2.17 bits per heavy atom. The molecule has 1 aliphatic rings. The number of fused-ring (bicyclic) bond motifs is 1. The van der Waals surface area contributed by atoms with E-state index in [0.29, 0.717) is 26.9 Å². The van der Waals surface area contributed by atoms with Gasteiger partial charge in [-0.3, -0.25) is 4.79 Å². The van der Waals surface area contributed by atoms with Crippen LogP contribution in [0.15, 0.2) is 18.2 Å². The fourth-order valence-corrected chi connectivity index (χ4v) is 3.31. The van der Waals surface area contributed by atoms with E-state index in [2.05, 4.69) is 4.98 Å². The predicted molar refractivity (Wildman–Crippen MR) is 69.8 cm³/mol. The Hall–Kier alpha value is -1.26. The van der Waals surface area contributed by atoms with E-state index < -0.39 is 5.82 Å². The number of nitrogens with zero attached hydrogens (tertiary/aromatic N) is 1. The molecular formula is C13H9ClFNOS. The first kappa shape index (κ1) is 11.8. The van der Waals surface area contributed by atoms with Gasteiger partial charge in [-0.25, -0.2) is 9.37 Å². The first-order valence-corrected chi connectivity index (χ1v) is 6.83. The molecule has 0 saturated heterocycles. The van der Waals surface area contributed by atoms with Crippen molar-refractivity contribution in [2.24, 2.45) is 0 Å². The van der Waals surface area contributed by atoms with Crippen molar-refractivity contribution in [2.45, 2.75) is 19.3 Å². The standard InChI is InChI=1S/C13H9ClFNOS/c14-7-4-5-8(9(15)6-7)13-16-10-2-1-3-11(17)12(10)18-13/h4-6H,1-3H2. The molecule has 18 heavy (non-hydrogen) atoms. The van der Waals surface area contributed by atoms with Crippen molar-refractivity contribution in [3.05, 3.63) is 39.6 Å². The summed E-state index contributed by atoms with van der Waals surface area (Å²) in [6.45, 7) is 0. The highest BCUT2D eigenvalue weighted by molar-refractivity contribution is 7.17. The average Bonchev–Trinajstić information content (AvgIpc) is 2.74. The fourth-order valence-electron chi connectivity index (χ4n) is 2.05. The van der Waals surface area contributed by atoms with Crippen LogP contribution in [0.25, 0.3) is 10.6 Å². The maximum absolute atomic E-state index is 13.8. The molecule has 0 radical (unpaired) electrons. The molecule has 0 aliphatic heterocycles. The quantitative estimate of drug-likeness (QED) is 0.787. The van der Waals surface area contributed by atoms with Crippen LogP contribution in [0.1, 0.15) is 28.2 Å². The Labute approximate surface area is 112 Å². The summed E-state index contributed by atoms with van der Waals surface area (Å²) in [6.07, 6.45) is 2.20. The highest BCUT2D eigenvalue weighted by Gasteiger charge is 2.23. The largest absolute Gasteiger partial charge is 0.293 e. The minimum atomic E-state index is -0.402. The Bertz CT molecular complexity index is 638. The van der Waals surface area contributed by atoms with Crippen molar-refractivity contribution in [2.75, 3.05) is 0 Å². The van der Waals surface area contributed by atoms with Gasteiger partial charge >= 0.3 is 0 Å². The SMILES string of the molecule is O=C1CCCc2nc(-c3ccc(Cl)cc3F)sc21. The molecule has 92 valence electrons. The maximum atomic E-state index is 13.8. The lowest BCUT2D eigenvalue weighted by molar-refractivity contribution is 0.0976. The summed E-state index contributed by atoms with van der Waals surface area (Å²) in [7, 11) is 0. The second-order valence-electron chi connectivity index (χ2n) is 4.20. The Morgan fingerprint density at radius 1 is 1.33 bits per heavy atom. The molecule has 0 fully saturated rings. The Balaban J connectivity index is 2.10. The number of ketones is 1. The molecule has 1 aromatic carbocycles. The van der Waals surface area contributed by atoms with Crippen LogP contribution in [0, 0.1) is 5.82 Å². The number of rotatable bonds is 1. The molecule has 0 spiro atoms. The van der Waals surface area contributed by atoms with Gasteiger partial charge in [-0.05, 0) is 31.0 Å². The molecule has 0 amide bonds. The Morgan fingerprint density at radius 3 is 2.89 bits per heavy atom. The van der Waals surface area contributed by atoms with Gasteiger partial charge in [0.2, 0.25) is 0 Å². The first-order valence-electron chi connectivity index (χ1n) is 5.63. The minimum Gasteiger partial charge on any atom is -0.293 e. The smallest absolute Gasteiger partial charge is 0.174 e. The van der Waals surface area contributed by atoms with E-state index in [1.54, 1.807) is 12.1 Å². The highest BCUT2D eigenvalue weighted by atomic mass is 35.5. The van der Waals surface area contributed by atoms with E-state index in [9.17, 15) is 9.18 Å². The number of hydrogen-bond donors (Lipinski definition) is 0. The van der Waals surface area contributed by atoms with Crippen LogP contribution in [0.3, 0.4) is 0 Å². The summed E-state index contributed by atoms with van der Waals surface area (Å²) in [5.41, 5.74) is 1.22. The maximum Gasteiger partial charge on any atom is 0.174 e. The van der Waals surface area contributed by atoms with Crippen LogP contribution >= 0.6 is 22.9 Å². The lowest BCUT2D eigenvalue weighted by Crippen LogP contribution is -2.07. The van der Waals surface area contributed by atoms with Gasteiger partial charge in [-0.1, -0.05) is 11.6 Å². The van der Waals surface area contributed by atoms with Gasteiger partial charge in [0.15, 0.2) is 5.78 Å². The first-order chi connectivity index (χ1) is 8.65. The Kier molecular flexibility index (Phi) is 2.92. The van der Waals surface area contributed by atoms with Gasteiger partial charge < -0.3 is 0 Å². The number of benzene rings is 1. The molecule has 0 bridgehead atoms. The van der Waals surface area contributed by atoms with Crippen LogP contribution in [0.4, 0.5) is 4.39 Å². The van der Waals surface area contributed by atoms with Crippen LogP contribution in [-0.4, -0.2) is 10.8 Å². The summed E-state index contributed by atoms with van der Waals surface area (Å²) >= 11 is 6.99. The highest BCUT2D eigenvalue weighted by Crippen LogP contribution is 2.34. The van der Waals surface area contributed by atoms with Crippen molar-refractivity contribution in [1.82, 2.24) is 4.98 Å². The van der Waals surface area contributed by atoms with Gasteiger partial charge in [0, 0.05) is 17.0 Å². The fraction of sp³-hybridized carbons (Fsp3) is 0.231. The number of thiazole rings is 1. The van der Waals surface area contributed by atoms with E-state index in [1.165, 1.54) is 17.4 Å². The molecule has 0 atom stereocenters. The molecule has 0 unspecified atom stereocenters. The molecule has 1 heterocycles. The van der Waals surface area contributed by atoms with Crippen LogP contribution in [-0.2, 0) is 6.42 Å². The number of carbonyl (C=O) groups is 1. The van der Waals surface area contributed by atoms with E-state index >= 15 is 0 Å². The second-order valence-corrected chi connectivity index (χ2v) is 5.63. The lowest BCUT2D eigenvalue weighted by Gasteiger charge is -2.06. The van der Waals surface area contributed by atoms with Crippen LogP contribution in [0.5, 0.6) is 0 Å². The lowest BCUT2D eigenvalue weighted by atomic mass is 10.0. The molecule has 0 N–H and O–H groups in total. The zero-order valence-corrected chi connectivity index (χ0v) is 10.9. The average molecular weight is 282 g/mol. The molecule has 5 heteroatoms. The second kappa shape index (κ2) is 4.44. The van der Waals surface area contributed by atoms with Crippen molar-refractivity contribution in [3.8, 4) is 10.6 Å². The van der Waals surface area contributed by atoms with Gasteiger partial charge in [0.05, 0.1) is 10.6 Å². The van der Waals surface area contributed by atoms with Crippen LogP contribution in [0.2, 0.25) is 5.02 Å². The summed E-state index contributed by atoms with van der Waals surface area (Å²) in [6, 6.07) is 4.49. The van der Waals surface area contributed by atoms with Gasteiger partial charge in [-0.15, -0.1) is 11.3 Å². The molecule has 2 aromatic rings. The molecule has 3 rings (SSSR count). The predicted octanol–water partition coefficient (Wildman–Crippen LogP) is 4.12. The molecule has 1 aliphatic carbocycles. The topological polar surface area (TPSA) is 30.0 Å². The number of halogens is 2. The molecule has 0 saturated carbocycles. The van der Waals surface area contributed by atoms with E-state index in [1.807, 2.05) is 0 Å². The van der Waals surface area contributed by atoms with Crippen molar-refractivity contribution < 1.29 is 9.18 Å². The zero-order valence-electron chi connectivity index (χ0n) is 9.37. The number of aryl methyl sites for hydroxylation is 1. The molecule has 2 nitrogen and oxygen atoms in total. The van der Waals surface area contributed by atoms with Crippen molar-refractivity contribution in [3.63, 3.8) is 0 Å². The van der Waals surface area contributed by atoms with Crippen molar-refractivity contribution >= 4 is 28.7 Å². The van der Waals surface area contributed by atoms with Crippen molar-refractivity contribution in [1.29, 1.82) is 0 Å². The monoisotopic (exact) mass is 281 g/mol. The van der Waals surface area contributed by atoms with E-state index in [4.69, 9.17) is 11.6 Å². The zero-order chi connectivity index (χ0) is 12.7. The summed E-state index contributed by atoms with van der Waals surface area (Å²) in [5, 5.41) is 0.915. The number of hydrogen-bond acceptors (Lipinski definition) is 3. The third-order valence-electron chi connectivity index (χ3n) is 2.93. The van der Waals surface area contributed by atoms with Crippen LogP contribution < -0.4 is 0 Å². The van der Waals surface area contributed by atoms with E-state index in [-0.39, 0.29) is 5.78 Å². The molecule has 1 aromatic heterocycles. The summed E-state index contributed by atoms with van der Waals surface area (Å²) in [5.74, 6) is -0.282. The third kappa shape index (κ3) is 1.95.